The molecule has 2 aliphatic rings. The number of halogens is 1. The van der Waals surface area contributed by atoms with Crippen LogP contribution in [0.2, 0.25) is 0 Å². The number of carbonyl (C=O) groups is 1. The van der Waals surface area contributed by atoms with Crippen LogP contribution in [0, 0.1) is 5.82 Å². The van der Waals surface area contributed by atoms with E-state index in [0.29, 0.717) is 0 Å². The van der Waals surface area contributed by atoms with Crippen molar-refractivity contribution in [2.24, 2.45) is 4.99 Å². The lowest BCUT2D eigenvalue weighted by molar-refractivity contribution is -0.113. The molecule has 0 bridgehead atoms. The van der Waals surface area contributed by atoms with E-state index in [1.54, 1.807) is 18.2 Å². The number of fused-ring (bicyclic) bond motifs is 1. The van der Waals surface area contributed by atoms with Gasteiger partial charge in [0, 0.05) is 11.3 Å². The van der Waals surface area contributed by atoms with Gasteiger partial charge in [-0.05, 0) is 43.9 Å². The van der Waals surface area contributed by atoms with E-state index < -0.39 is 5.82 Å². The molecule has 1 saturated carbocycles. The quantitative estimate of drug-likeness (QED) is 0.727. The molecule has 2 aromatic carbocycles. The zero-order valence-corrected chi connectivity index (χ0v) is 16.5. The standard InChI is InChI=1S/C22H24FN3OS/c23-17-10-4-6-12-19(17)24-20(27)15-28-21-16-9-3-5-11-18(16)25-22(26-21)13-7-1-2-8-14-22/h3-6,9-12,25H,1-2,7-8,13-15H2,(H,24,27). The second-order valence-electron chi connectivity index (χ2n) is 7.35. The molecule has 0 unspecified atom stereocenters. The molecule has 28 heavy (non-hydrogen) atoms. The molecular weight excluding hydrogens is 373 g/mol. The van der Waals surface area contributed by atoms with Crippen molar-refractivity contribution in [1.29, 1.82) is 0 Å². The summed E-state index contributed by atoms with van der Waals surface area (Å²) in [7, 11) is 0. The van der Waals surface area contributed by atoms with Crippen LogP contribution >= 0.6 is 11.8 Å². The number of amides is 1. The van der Waals surface area contributed by atoms with Crippen LogP contribution < -0.4 is 10.6 Å². The summed E-state index contributed by atoms with van der Waals surface area (Å²) in [5, 5.41) is 7.20. The van der Waals surface area contributed by atoms with Gasteiger partial charge in [0.25, 0.3) is 0 Å². The number of hydrogen-bond donors (Lipinski definition) is 2. The van der Waals surface area contributed by atoms with Gasteiger partial charge in [0.2, 0.25) is 5.91 Å². The van der Waals surface area contributed by atoms with Gasteiger partial charge in [-0.3, -0.25) is 4.79 Å². The monoisotopic (exact) mass is 397 g/mol. The fourth-order valence-electron chi connectivity index (χ4n) is 3.85. The highest BCUT2D eigenvalue weighted by molar-refractivity contribution is 8.15. The fourth-order valence-corrected chi connectivity index (χ4v) is 4.77. The number of anilines is 2. The van der Waals surface area contributed by atoms with Crippen LogP contribution in [0.1, 0.15) is 44.1 Å². The maximum absolute atomic E-state index is 13.8. The van der Waals surface area contributed by atoms with Gasteiger partial charge in [-0.2, -0.15) is 0 Å². The van der Waals surface area contributed by atoms with E-state index in [1.807, 2.05) is 18.2 Å². The SMILES string of the molecule is O=C(CSC1=NC2(CCCCCC2)Nc2ccccc21)Nc1ccccc1F. The number of rotatable bonds is 3. The molecule has 4 rings (SSSR count). The van der Waals surface area contributed by atoms with Crippen LogP contribution in [0.4, 0.5) is 15.8 Å². The first-order valence-corrected chi connectivity index (χ1v) is 10.8. The number of carbonyl (C=O) groups excluding carboxylic acids is 1. The highest BCUT2D eigenvalue weighted by Crippen LogP contribution is 2.39. The van der Waals surface area contributed by atoms with Gasteiger partial charge in [-0.1, -0.05) is 54.9 Å². The van der Waals surface area contributed by atoms with Gasteiger partial charge >= 0.3 is 0 Å². The highest BCUT2D eigenvalue weighted by Gasteiger charge is 2.35. The summed E-state index contributed by atoms with van der Waals surface area (Å²) in [6.45, 7) is 0. The predicted molar refractivity (Wildman–Crippen MR) is 115 cm³/mol. The molecule has 0 radical (unpaired) electrons. The van der Waals surface area contributed by atoms with Gasteiger partial charge in [-0.15, -0.1) is 0 Å². The van der Waals surface area contributed by atoms with E-state index in [0.717, 1.165) is 42.0 Å². The fraction of sp³-hybridized carbons (Fsp3) is 0.364. The average molecular weight is 398 g/mol. The lowest BCUT2D eigenvalue weighted by atomic mass is 9.97. The Morgan fingerprint density at radius 2 is 1.79 bits per heavy atom. The highest BCUT2D eigenvalue weighted by atomic mass is 32.2. The van der Waals surface area contributed by atoms with E-state index in [2.05, 4.69) is 16.7 Å². The lowest BCUT2D eigenvalue weighted by Gasteiger charge is -2.36. The number of benzene rings is 2. The first-order chi connectivity index (χ1) is 13.7. The average Bonchev–Trinajstić information content (AvgIpc) is 2.93. The Labute approximate surface area is 169 Å². The third-order valence-electron chi connectivity index (χ3n) is 5.26. The Morgan fingerprint density at radius 1 is 1.07 bits per heavy atom. The van der Waals surface area contributed by atoms with Crippen molar-refractivity contribution < 1.29 is 9.18 Å². The summed E-state index contributed by atoms with van der Waals surface area (Å²) in [5.41, 5.74) is 2.05. The molecule has 1 amide bonds. The van der Waals surface area contributed by atoms with Crippen molar-refractivity contribution in [3.05, 3.63) is 59.9 Å². The summed E-state index contributed by atoms with van der Waals surface area (Å²) in [5.74, 6) is -0.469. The Kier molecular flexibility index (Phi) is 5.67. The van der Waals surface area contributed by atoms with Gasteiger partial charge in [0.1, 0.15) is 16.5 Å². The molecular formula is C22H24FN3OS. The van der Waals surface area contributed by atoms with E-state index in [9.17, 15) is 9.18 Å². The minimum atomic E-state index is -0.428. The van der Waals surface area contributed by atoms with Gasteiger partial charge in [-0.25, -0.2) is 9.38 Å². The smallest absolute Gasteiger partial charge is 0.234 e. The van der Waals surface area contributed by atoms with Crippen molar-refractivity contribution in [1.82, 2.24) is 0 Å². The van der Waals surface area contributed by atoms with Crippen molar-refractivity contribution in [2.45, 2.75) is 44.2 Å². The first-order valence-electron chi connectivity index (χ1n) is 9.80. The number of para-hydroxylation sites is 2. The van der Waals surface area contributed by atoms with Crippen LogP contribution in [0.3, 0.4) is 0 Å². The molecule has 1 heterocycles. The molecule has 0 aromatic heterocycles. The first kappa shape index (κ1) is 19.0. The van der Waals surface area contributed by atoms with Gasteiger partial charge in [0.05, 0.1) is 11.4 Å². The summed E-state index contributed by atoms with van der Waals surface area (Å²) in [6, 6.07) is 14.3. The van der Waals surface area contributed by atoms with E-state index in [1.165, 1.54) is 30.7 Å². The number of aliphatic imine (C=N–C) groups is 1. The summed E-state index contributed by atoms with van der Waals surface area (Å²) < 4.78 is 13.8. The zero-order chi connectivity index (χ0) is 19.4. The Morgan fingerprint density at radius 3 is 2.57 bits per heavy atom. The molecule has 6 heteroatoms. The molecule has 0 atom stereocenters. The topological polar surface area (TPSA) is 53.5 Å². The summed E-state index contributed by atoms with van der Waals surface area (Å²) in [6.07, 6.45) is 6.82. The van der Waals surface area contributed by atoms with Crippen LogP contribution in [0.5, 0.6) is 0 Å². The van der Waals surface area contributed by atoms with Crippen molar-refractivity contribution in [3.63, 3.8) is 0 Å². The van der Waals surface area contributed by atoms with Crippen LogP contribution in [-0.2, 0) is 4.79 Å². The van der Waals surface area contributed by atoms with Crippen LogP contribution in [0.15, 0.2) is 53.5 Å². The largest absolute Gasteiger partial charge is 0.361 e. The number of nitrogens with one attached hydrogen (secondary N) is 2. The molecule has 2 aromatic rings. The lowest BCUT2D eigenvalue weighted by Crippen LogP contribution is -2.40. The normalized spacial score (nSPS) is 17.8. The second-order valence-corrected chi connectivity index (χ2v) is 8.31. The molecule has 2 N–H and O–H groups in total. The maximum Gasteiger partial charge on any atom is 0.234 e. The second kappa shape index (κ2) is 8.35. The number of hydrogen-bond acceptors (Lipinski definition) is 4. The van der Waals surface area contributed by atoms with Gasteiger partial charge < -0.3 is 10.6 Å². The minimum absolute atomic E-state index is 0.192. The third-order valence-corrected chi connectivity index (χ3v) is 6.25. The summed E-state index contributed by atoms with van der Waals surface area (Å²) in [4.78, 5) is 17.5. The van der Waals surface area contributed by atoms with Crippen molar-refractivity contribution in [3.8, 4) is 0 Å². The molecule has 1 aliphatic carbocycles. The Hall–Kier alpha value is -2.34. The zero-order valence-electron chi connectivity index (χ0n) is 15.7. The number of nitrogens with zero attached hydrogens (tertiary/aromatic N) is 1. The van der Waals surface area contributed by atoms with E-state index in [-0.39, 0.29) is 23.0 Å². The van der Waals surface area contributed by atoms with Gasteiger partial charge in [0.15, 0.2) is 0 Å². The number of thioether (sulfide) groups is 1. The van der Waals surface area contributed by atoms with Crippen LogP contribution in [0.25, 0.3) is 0 Å². The molecule has 146 valence electrons. The van der Waals surface area contributed by atoms with E-state index in [4.69, 9.17) is 4.99 Å². The van der Waals surface area contributed by atoms with Crippen molar-refractivity contribution >= 4 is 34.1 Å². The summed E-state index contributed by atoms with van der Waals surface area (Å²) >= 11 is 1.42. The molecule has 1 fully saturated rings. The third kappa shape index (κ3) is 4.22. The van der Waals surface area contributed by atoms with E-state index >= 15 is 0 Å². The molecule has 0 saturated heterocycles. The predicted octanol–water partition coefficient (Wildman–Crippen LogP) is 5.42. The molecule has 1 aliphatic heterocycles. The molecule has 1 spiro atoms. The Bertz CT molecular complexity index is 891. The Balaban J connectivity index is 1.51. The van der Waals surface area contributed by atoms with Crippen molar-refractivity contribution in [2.75, 3.05) is 16.4 Å². The minimum Gasteiger partial charge on any atom is -0.361 e. The van der Waals surface area contributed by atoms with Crippen LogP contribution in [-0.4, -0.2) is 22.4 Å². The molecule has 4 nitrogen and oxygen atoms in total. The maximum atomic E-state index is 13.8.